The van der Waals surface area contributed by atoms with Crippen LogP contribution in [0.3, 0.4) is 0 Å². The van der Waals surface area contributed by atoms with E-state index < -0.39 is 0 Å². The number of benzene rings is 8. The lowest BCUT2D eigenvalue weighted by Crippen LogP contribution is -2.11. The van der Waals surface area contributed by atoms with Crippen molar-refractivity contribution in [2.24, 2.45) is 0 Å². The zero-order chi connectivity index (χ0) is 33.3. The summed E-state index contributed by atoms with van der Waals surface area (Å²) in [6.45, 7) is 0. The summed E-state index contributed by atoms with van der Waals surface area (Å²) in [6.07, 6.45) is 0. The van der Waals surface area contributed by atoms with Crippen LogP contribution in [-0.2, 0) is 0 Å². The van der Waals surface area contributed by atoms with Crippen molar-refractivity contribution in [2.75, 3.05) is 4.90 Å². The van der Waals surface area contributed by atoms with Crippen molar-refractivity contribution in [1.82, 2.24) is 4.57 Å². The fraction of sp³-hybridized carbons (Fsp3) is 0. The van der Waals surface area contributed by atoms with Crippen molar-refractivity contribution in [3.05, 3.63) is 206 Å². The van der Waals surface area contributed by atoms with E-state index in [0.29, 0.717) is 0 Å². The van der Waals surface area contributed by atoms with Gasteiger partial charge in [0.1, 0.15) is 0 Å². The summed E-state index contributed by atoms with van der Waals surface area (Å²) in [5.74, 6) is 0. The number of aromatic nitrogens is 1. The minimum atomic E-state index is 1.11. The Morgan fingerprint density at radius 1 is 0.320 bits per heavy atom. The lowest BCUT2D eigenvalue weighted by Gasteiger charge is -2.28. The Balaban J connectivity index is 1.16. The molecule has 0 saturated heterocycles. The predicted molar refractivity (Wildman–Crippen MR) is 212 cm³/mol. The first kappa shape index (κ1) is 29.5. The number of anilines is 3. The van der Waals surface area contributed by atoms with E-state index in [9.17, 15) is 0 Å². The van der Waals surface area contributed by atoms with E-state index in [1.54, 1.807) is 0 Å². The van der Waals surface area contributed by atoms with E-state index in [-0.39, 0.29) is 0 Å². The largest absolute Gasteiger partial charge is 0.310 e. The highest BCUT2D eigenvalue weighted by molar-refractivity contribution is 6.10. The molecule has 8 aromatic carbocycles. The highest BCUT2D eigenvalue weighted by atomic mass is 15.1. The van der Waals surface area contributed by atoms with E-state index in [4.69, 9.17) is 0 Å². The number of fused-ring (bicyclic) bond motifs is 3. The summed E-state index contributed by atoms with van der Waals surface area (Å²) in [7, 11) is 0. The van der Waals surface area contributed by atoms with Crippen molar-refractivity contribution in [3.63, 3.8) is 0 Å². The predicted octanol–water partition coefficient (Wildman–Crippen LogP) is 13.3. The molecule has 0 saturated carbocycles. The number of hydrogen-bond acceptors (Lipinski definition) is 1. The summed E-state index contributed by atoms with van der Waals surface area (Å²) in [5, 5.41) is 2.52. The van der Waals surface area contributed by atoms with Gasteiger partial charge < -0.3 is 9.47 Å². The van der Waals surface area contributed by atoms with Gasteiger partial charge in [-0.15, -0.1) is 0 Å². The van der Waals surface area contributed by atoms with Crippen LogP contribution >= 0.6 is 0 Å². The topological polar surface area (TPSA) is 8.17 Å². The van der Waals surface area contributed by atoms with E-state index in [2.05, 4.69) is 216 Å². The van der Waals surface area contributed by atoms with Gasteiger partial charge in [-0.25, -0.2) is 0 Å². The smallest absolute Gasteiger partial charge is 0.0547 e. The molecule has 0 aliphatic heterocycles. The summed E-state index contributed by atoms with van der Waals surface area (Å²) < 4.78 is 2.38. The molecular weight excluding hydrogens is 605 g/mol. The van der Waals surface area contributed by atoms with Crippen molar-refractivity contribution >= 4 is 38.9 Å². The molecule has 1 heterocycles. The second-order valence-corrected chi connectivity index (χ2v) is 12.6. The van der Waals surface area contributed by atoms with Gasteiger partial charge in [-0.05, 0) is 88.5 Å². The van der Waals surface area contributed by atoms with Crippen LogP contribution in [0.2, 0.25) is 0 Å². The van der Waals surface area contributed by atoms with E-state index >= 15 is 0 Å². The summed E-state index contributed by atoms with van der Waals surface area (Å²) >= 11 is 0. The first-order valence-electron chi connectivity index (χ1n) is 17.1. The Labute approximate surface area is 292 Å². The number of rotatable bonds is 7. The van der Waals surface area contributed by atoms with Crippen LogP contribution in [0.1, 0.15) is 0 Å². The monoisotopic (exact) mass is 638 g/mol. The molecule has 0 radical (unpaired) electrons. The molecule has 0 amide bonds. The molecule has 0 N–H and O–H groups in total. The zero-order valence-electron chi connectivity index (χ0n) is 27.5. The lowest BCUT2D eigenvalue weighted by atomic mass is 9.96. The van der Waals surface area contributed by atoms with Gasteiger partial charge in [-0.2, -0.15) is 0 Å². The third-order valence-electron chi connectivity index (χ3n) is 9.59. The van der Waals surface area contributed by atoms with Crippen LogP contribution in [-0.4, -0.2) is 4.57 Å². The van der Waals surface area contributed by atoms with Crippen molar-refractivity contribution in [1.29, 1.82) is 0 Å². The summed E-state index contributed by atoms with van der Waals surface area (Å²) in [6, 6.07) is 74.0. The first-order valence-corrected chi connectivity index (χ1v) is 17.1. The summed E-state index contributed by atoms with van der Waals surface area (Å²) in [5.41, 5.74) is 14.1. The molecule has 0 spiro atoms. The Kier molecular flexibility index (Phi) is 7.53. The van der Waals surface area contributed by atoms with Crippen LogP contribution in [0, 0.1) is 0 Å². The Morgan fingerprint density at radius 2 is 0.860 bits per heavy atom. The van der Waals surface area contributed by atoms with Crippen LogP contribution in [0.15, 0.2) is 206 Å². The van der Waals surface area contributed by atoms with Crippen LogP contribution in [0.4, 0.5) is 17.1 Å². The fourth-order valence-corrected chi connectivity index (χ4v) is 7.22. The van der Waals surface area contributed by atoms with E-state index in [1.807, 2.05) is 0 Å². The third kappa shape index (κ3) is 5.34. The molecule has 9 aromatic rings. The molecule has 0 atom stereocenters. The zero-order valence-corrected chi connectivity index (χ0v) is 27.5. The van der Waals surface area contributed by atoms with Crippen molar-refractivity contribution < 1.29 is 0 Å². The quantitative estimate of drug-likeness (QED) is 0.169. The molecular formula is C48H34N2. The standard InChI is InChI=1S/C48H34N2/c1-4-15-35(16-5-1)36-27-30-42(31-28-36)49(40-19-6-2-7-20-40)46-25-12-10-23-43(46)39-18-14-17-37(33-39)38-29-32-45-44-24-11-13-26-47(44)50(48(45)34-38)41-21-8-3-9-22-41/h1-34H. The van der Waals surface area contributed by atoms with Gasteiger partial charge in [-0.1, -0.05) is 146 Å². The molecule has 0 aliphatic rings. The maximum atomic E-state index is 2.38. The highest BCUT2D eigenvalue weighted by Gasteiger charge is 2.18. The minimum Gasteiger partial charge on any atom is -0.310 e. The van der Waals surface area contributed by atoms with Crippen LogP contribution < -0.4 is 4.90 Å². The highest BCUT2D eigenvalue weighted by Crippen LogP contribution is 2.42. The second-order valence-electron chi connectivity index (χ2n) is 12.6. The normalized spacial score (nSPS) is 11.2. The average Bonchev–Trinajstić information content (AvgIpc) is 3.53. The second kappa shape index (κ2) is 12.8. The van der Waals surface area contributed by atoms with Crippen molar-refractivity contribution in [3.8, 4) is 39.1 Å². The molecule has 0 fully saturated rings. The Morgan fingerprint density at radius 3 is 1.66 bits per heavy atom. The molecule has 50 heavy (non-hydrogen) atoms. The SMILES string of the molecule is c1ccc(-c2ccc(N(c3ccccc3)c3ccccc3-c3cccc(-c4ccc5c6ccccc6n(-c6ccccc6)c5c4)c3)cc2)cc1. The molecule has 2 nitrogen and oxygen atoms in total. The fourth-order valence-electron chi connectivity index (χ4n) is 7.22. The van der Waals surface area contributed by atoms with E-state index in [0.717, 1.165) is 22.7 Å². The molecule has 236 valence electrons. The molecule has 0 bridgehead atoms. The Hall–Kier alpha value is -6.64. The van der Waals surface area contributed by atoms with Gasteiger partial charge in [0, 0.05) is 33.4 Å². The van der Waals surface area contributed by atoms with Gasteiger partial charge in [0.05, 0.1) is 16.7 Å². The molecule has 9 rings (SSSR count). The number of nitrogens with zero attached hydrogens (tertiary/aromatic N) is 2. The Bertz CT molecular complexity index is 2570. The minimum absolute atomic E-state index is 1.11. The number of hydrogen-bond donors (Lipinski definition) is 0. The van der Waals surface area contributed by atoms with Crippen LogP contribution in [0.25, 0.3) is 60.9 Å². The van der Waals surface area contributed by atoms with Crippen LogP contribution in [0.5, 0.6) is 0 Å². The maximum absolute atomic E-state index is 2.38. The van der Waals surface area contributed by atoms with Gasteiger partial charge in [0.2, 0.25) is 0 Å². The average molecular weight is 639 g/mol. The first-order chi connectivity index (χ1) is 24.8. The van der Waals surface area contributed by atoms with Gasteiger partial charge in [0.15, 0.2) is 0 Å². The summed E-state index contributed by atoms with van der Waals surface area (Å²) in [4.78, 5) is 2.36. The lowest BCUT2D eigenvalue weighted by molar-refractivity contribution is 1.18. The van der Waals surface area contributed by atoms with Gasteiger partial charge >= 0.3 is 0 Å². The van der Waals surface area contributed by atoms with Gasteiger partial charge in [0.25, 0.3) is 0 Å². The van der Waals surface area contributed by atoms with Crippen molar-refractivity contribution in [2.45, 2.75) is 0 Å². The molecule has 0 unspecified atom stereocenters. The maximum Gasteiger partial charge on any atom is 0.0547 e. The third-order valence-corrected chi connectivity index (χ3v) is 9.59. The number of para-hydroxylation sites is 4. The van der Waals surface area contributed by atoms with Gasteiger partial charge in [-0.3, -0.25) is 0 Å². The van der Waals surface area contributed by atoms with E-state index in [1.165, 1.54) is 55.2 Å². The molecule has 2 heteroatoms. The molecule has 1 aromatic heterocycles. The molecule has 0 aliphatic carbocycles.